The Morgan fingerprint density at radius 3 is 2.95 bits per heavy atom. The van der Waals surface area contributed by atoms with E-state index < -0.39 is 5.97 Å². The third kappa shape index (κ3) is 3.51. The second kappa shape index (κ2) is 5.79. The number of anilines is 1. The summed E-state index contributed by atoms with van der Waals surface area (Å²) in [6.45, 7) is 1.83. The number of halogens is 1. The van der Waals surface area contributed by atoms with Crippen LogP contribution in [0.4, 0.5) is 9.52 Å². The molecule has 2 N–H and O–H groups in total. The lowest BCUT2D eigenvalue weighted by molar-refractivity contribution is -0.136. The van der Waals surface area contributed by atoms with Crippen molar-refractivity contribution < 1.29 is 14.3 Å². The molecule has 0 saturated heterocycles. The van der Waals surface area contributed by atoms with E-state index in [1.165, 1.54) is 17.4 Å². The number of benzene rings is 1. The number of hydrogen-bond acceptors (Lipinski definition) is 4. The van der Waals surface area contributed by atoms with E-state index in [0.29, 0.717) is 16.4 Å². The van der Waals surface area contributed by atoms with Gasteiger partial charge in [-0.15, -0.1) is 11.3 Å². The Balaban J connectivity index is 2.07. The topological polar surface area (TPSA) is 62.2 Å². The van der Waals surface area contributed by atoms with Gasteiger partial charge in [0.2, 0.25) is 0 Å². The lowest BCUT2D eigenvalue weighted by Gasteiger charge is -2.13. The van der Waals surface area contributed by atoms with Gasteiger partial charge in [-0.2, -0.15) is 0 Å². The van der Waals surface area contributed by atoms with E-state index in [1.807, 2.05) is 6.92 Å². The van der Waals surface area contributed by atoms with Gasteiger partial charge < -0.3 is 10.4 Å². The molecule has 1 atom stereocenters. The van der Waals surface area contributed by atoms with Gasteiger partial charge in [-0.3, -0.25) is 4.79 Å². The first kappa shape index (κ1) is 13.5. The van der Waals surface area contributed by atoms with E-state index in [-0.39, 0.29) is 18.3 Å². The predicted molar refractivity (Wildman–Crippen MR) is 71.9 cm³/mol. The maximum absolute atomic E-state index is 13.6. The number of rotatable bonds is 5. The minimum Gasteiger partial charge on any atom is -0.481 e. The van der Waals surface area contributed by atoms with Crippen LogP contribution in [0.5, 0.6) is 0 Å². The van der Waals surface area contributed by atoms with Crippen LogP contribution in [0.2, 0.25) is 0 Å². The number of nitrogens with one attached hydrogen (secondary N) is 1. The van der Waals surface area contributed by atoms with E-state index in [4.69, 9.17) is 5.11 Å². The first-order valence-corrected chi connectivity index (χ1v) is 6.61. The van der Waals surface area contributed by atoms with Gasteiger partial charge in [0.25, 0.3) is 0 Å². The molecule has 1 aromatic heterocycles. The first-order valence-electron chi connectivity index (χ1n) is 5.73. The van der Waals surface area contributed by atoms with Gasteiger partial charge >= 0.3 is 5.97 Å². The summed E-state index contributed by atoms with van der Waals surface area (Å²) in [5, 5.41) is 14.0. The summed E-state index contributed by atoms with van der Waals surface area (Å²) >= 11 is 1.31. The lowest BCUT2D eigenvalue weighted by Crippen LogP contribution is -2.08. The lowest BCUT2D eigenvalue weighted by atomic mass is 10.1. The zero-order valence-corrected chi connectivity index (χ0v) is 11.1. The van der Waals surface area contributed by atoms with Gasteiger partial charge in [0.15, 0.2) is 5.13 Å². The Morgan fingerprint density at radius 1 is 1.53 bits per heavy atom. The molecule has 0 aliphatic carbocycles. The van der Waals surface area contributed by atoms with E-state index in [1.54, 1.807) is 23.6 Å². The SMILES string of the molecule is CC(Nc1nc(CC(=O)O)cs1)c1ccccc1F. The molecule has 0 bridgehead atoms. The molecular weight excluding hydrogens is 267 g/mol. The normalized spacial score (nSPS) is 12.1. The number of nitrogens with zero attached hydrogens (tertiary/aromatic N) is 1. The number of aromatic nitrogens is 1. The van der Waals surface area contributed by atoms with Gasteiger partial charge in [-0.05, 0) is 13.0 Å². The fraction of sp³-hybridized carbons (Fsp3) is 0.231. The second-order valence-electron chi connectivity index (χ2n) is 4.10. The Bertz CT molecular complexity index is 586. The summed E-state index contributed by atoms with van der Waals surface area (Å²) in [4.78, 5) is 14.7. The molecule has 2 aromatic rings. The molecule has 0 radical (unpaired) electrons. The summed E-state index contributed by atoms with van der Waals surface area (Å²) in [5.74, 6) is -1.19. The van der Waals surface area contributed by atoms with E-state index >= 15 is 0 Å². The number of carboxylic acid groups (broad SMARTS) is 1. The van der Waals surface area contributed by atoms with Crippen molar-refractivity contribution in [2.45, 2.75) is 19.4 Å². The quantitative estimate of drug-likeness (QED) is 0.883. The average Bonchev–Trinajstić information content (AvgIpc) is 2.76. The molecule has 0 saturated carbocycles. The van der Waals surface area contributed by atoms with Gasteiger partial charge in [-0.1, -0.05) is 18.2 Å². The minimum atomic E-state index is -0.918. The van der Waals surface area contributed by atoms with Crippen LogP contribution in [0.1, 0.15) is 24.2 Å². The Hall–Kier alpha value is -1.95. The van der Waals surface area contributed by atoms with Crippen LogP contribution < -0.4 is 5.32 Å². The maximum atomic E-state index is 13.6. The molecule has 1 unspecified atom stereocenters. The van der Waals surface area contributed by atoms with Gasteiger partial charge in [0.05, 0.1) is 18.2 Å². The highest BCUT2D eigenvalue weighted by molar-refractivity contribution is 7.13. The number of thiazole rings is 1. The molecule has 2 rings (SSSR count). The highest BCUT2D eigenvalue weighted by Crippen LogP contribution is 2.24. The van der Waals surface area contributed by atoms with Crippen molar-refractivity contribution in [1.29, 1.82) is 0 Å². The van der Waals surface area contributed by atoms with Crippen molar-refractivity contribution in [3.8, 4) is 0 Å². The molecule has 100 valence electrons. The Labute approximate surface area is 113 Å². The summed E-state index contributed by atoms with van der Waals surface area (Å²) in [5.41, 5.74) is 1.05. The average molecular weight is 280 g/mol. The van der Waals surface area contributed by atoms with E-state index in [0.717, 1.165) is 0 Å². The summed E-state index contributed by atoms with van der Waals surface area (Å²) in [6, 6.07) is 6.29. The number of hydrogen-bond donors (Lipinski definition) is 2. The highest BCUT2D eigenvalue weighted by atomic mass is 32.1. The smallest absolute Gasteiger partial charge is 0.309 e. The predicted octanol–water partition coefficient (Wildman–Crippen LogP) is 3.08. The van der Waals surface area contributed by atoms with Crippen molar-refractivity contribution in [2.24, 2.45) is 0 Å². The van der Waals surface area contributed by atoms with Gasteiger partial charge in [0.1, 0.15) is 5.82 Å². The number of aliphatic carboxylic acids is 1. The molecule has 1 heterocycles. The molecule has 0 spiro atoms. The number of carboxylic acids is 1. The molecule has 0 aliphatic heterocycles. The monoisotopic (exact) mass is 280 g/mol. The van der Waals surface area contributed by atoms with Crippen LogP contribution in [-0.2, 0) is 11.2 Å². The largest absolute Gasteiger partial charge is 0.481 e. The molecule has 4 nitrogen and oxygen atoms in total. The van der Waals surface area contributed by atoms with Crippen LogP contribution >= 0.6 is 11.3 Å². The summed E-state index contributed by atoms with van der Waals surface area (Å²) in [6.07, 6.45) is -0.105. The van der Waals surface area contributed by atoms with Crippen molar-refractivity contribution in [3.63, 3.8) is 0 Å². The Morgan fingerprint density at radius 2 is 2.26 bits per heavy atom. The van der Waals surface area contributed by atoms with Crippen molar-refractivity contribution in [3.05, 3.63) is 46.7 Å². The van der Waals surface area contributed by atoms with Crippen molar-refractivity contribution in [1.82, 2.24) is 4.98 Å². The van der Waals surface area contributed by atoms with Crippen LogP contribution in [0.25, 0.3) is 0 Å². The molecule has 1 aromatic carbocycles. The third-order valence-electron chi connectivity index (χ3n) is 2.60. The Kier molecular flexibility index (Phi) is 4.11. The molecule has 0 aliphatic rings. The molecular formula is C13H13FN2O2S. The summed E-state index contributed by atoms with van der Waals surface area (Å²) in [7, 11) is 0. The van der Waals surface area contributed by atoms with Crippen molar-refractivity contribution in [2.75, 3.05) is 5.32 Å². The summed E-state index contributed by atoms with van der Waals surface area (Å²) < 4.78 is 13.6. The third-order valence-corrected chi connectivity index (χ3v) is 3.42. The zero-order valence-electron chi connectivity index (χ0n) is 10.3. The van der Waals surface area contributed by atoms with Crippen LogP contribution in [0, 0.1) is 5.82 Å². The van der Waals surface area contributed by atoms with Crippen molar-refractivity contribution >= 4 is 22.4 Å². The van der Waals surface area contributed by atoms with E-state index in [2.05, 4.69) is 10.3 Å². The maximum Gasteiger partial charge on any atom is 0.309 e. The van der Waals surface area contributed by atoms with Gasteiger partial charge in [0, 0.05) is 10.9 Å². The second-order valence-corrected chi connectivity index (χ2v) is 4.96. The minimum absolute atomic E-state index is 0.105. The van der Waals surface area contributed by atoms with Gasteiger partial charge in [-0.25, -0.2) is 9.37 Å². The first-order chi connectivity index (χ1) is 9.06. The van der Waals surface area contributed by atoms with E-state index in [9.17, 15) is 9.18 Å². The molecule has 0 fully saturated rings. The molecule has 0 amide bonds. The molecule has 6 heteroatoms. The van der Waals surface area contributed by atoms with Crippen LogP contribution in [0.15, 0.2) is 29.6 Å². The fourth-order valence-electron chi connectivity index (χ4n) is 1.70. The standard InChI is InChI=1S/C13H13FN2O2S/c1-8(10-4-2-3-5-11(10)14)15-13-16-9(7-19-13)6-12(17)18/h2-5,7-8H,6H2,1H3,(H,15,16)(H,17,18). The zero-order chi connectivity index (χ0) is 13.8. The van der Waals surface area contributed by atoms with Crippen LogP contribution in [0.3, 0.4) is 0 Å². The molecule has 19 heavy (non-hydrogen) atoms. The number of carbonyl (C=O) groups is 1. The highest BCUT2D eigenvalue weighted by Gasteiger charge is 2.12. The van der Waals surface area contributed by atoms with Crippen LogP contribution in [-0.4, -0.2) is 16.1 Å². The fourth-order valence-corrected chi connectivity index (χ4v) is 2.50.